The molecule has 0 N–H and O–H groups in total. The Morgan fingerprint density at radius 2 is 1.42 bits per heavy atom. The normalized spacial score (nSPS) is 10.2. The third kappa shape index (κ3) is 8.15. The molecule has 0 saturated heterocycles. The van der Waals surface area contributed by atoms with Gasteiger partial charge in [0.25, 0.3) is 0 Å². The average molecular weight is 274 g/mol. The van der Waals surface area contributed by atoms with Gasteiger partial charge in [0.05, 0.1) is 27.3 Å². The van der Waals surface area contributed by atoms with Gasteiger partial charge in [-0.05, 0) is 13.0 Å². The lowest BCUT2D eigenvalue weighted by atomic mass is 10.2. The van der Waals surface area contributed by atoms with E-state index in [-0.39, 0.29) is 19.0 Å². The van der Waals surface area contributed by atoms with Crippen LogP contribution in [0.25, 0.3) is 0 Å². The van der Waals surface area contributed by atoms with Gasteiger partial charge in [0, 0.05) is 20.5 Å². The maximum Gasteiger partial charge on any atom is 0.319 e. The van der Waals surface area contributed by atoms with E-state index in [9.17, 15) is 14.4 Å². The Labute approximate surface area is 113 Å². The number of ether oxygens (including phenoxy) is 2. The fourth-order valence-corrected chi connectivity index (χ4v) is 1.39. The Morgan fingerprint density at radius 3 is 1.79 bits per heavy atom. The summed E-state index contributed by atoms with van der Waals surface area (Å²) in [5.74, 6) is -0.846. The molecule has 0 fully saturated rings. The smallest absolute Gasteiger partial charge is 0.319 e. The summed E-state index contributed by atoms with van der Waals surface area (Å²) in [5.41, 5.74) is 0. The van der Waals surface area contributed by atoms with E-state index in [1.54, 1.807) is 19.0 Å². The van der Waals surface area contributed by atoms with Crippen molar-refractivity contribution in [1.29, 1.82) is 0 Å². The molecule has 0 heterocycles. The van der Waals surface area contributed by atoms with Crippen molar-refractivity contribution in [2.24, 2.45) is 0 Å². The highest BCUT2D eigenvalue weighted by Crippen LogP contribution is 1.99. The second-order valence-corrected chi connectivity index (χ2v) is 4.25. The zero-order valence-electron chi connectivity index (χ0n) is 12.0. The van der Waals surface area contributed by atoms with E-state index in [0.717, 1.165) is 0 Å². The van der Waals surface area contributed by atoms with Crippen LogP contribution in [-0.2, 0) is 23.9 Å². The van der Waals surface area contributed by atoms with Crippen molar-refractivity contribution in [1.82, 2.24) is 9.80 Å². The molecular formula is C12H22N2O5. The van der Waals surface area contributed by atoms with Gasteiger partial charge in [-0.15, -0.1) is 0 Å². The minimum absolute atomic E-state index is 0.00174. The van der Waals surface area contributed by atoms with Gasteiger partial charge in [-0.2, -0.15) is 0 Å². The van der Waals surface area contributed by atoms with Gasteiger partial charge in [-0.3, -0.25) is 19.3 Å². The fraction of sp³-hybridized carbons (Fsp3) is 0.750. The summed E-state index contributed by atoms with van der Waals surface area (Å²) in [4.78, 5) is 36.9. The molecule has 1 amide bonds. The van der Waals surface area contributed by atoms with E-state index in [0.29, 0.717) is 19.4 Å². The third-order valence-electron chi connectivity index (χ3n) is 2.52. The van der Waals surface area contributed by atoms with Crippen LogP contribution in [0.4, 0.5) is 0 Å². The van der Waals surface area contributed by atoms with E-state index in [1.165, 1.54) is 19.1 Å². The maximum absolute atomic E-state index is 11.4. The molecule has 0 aromatic heterocycles. The number of nitrogens with zero attached hydrogens (tertiary/aromatic N) is 2. The molecule has 0 aromatic rings. The van der Waals surface area contributed by atoms with Crippen LogP contribution in [-0.4, -0.2) is 75.6 Å². The molecule has 0 aliphatic rings. The first-order chi connectivity index (χ1) is 8.90. The van der Waals surface area contributed by atoms with Crippen LogP contribution in [0.15, 0.2) is 0 Å². The lowest BCUT2D eigenvalue weighted by Gasteiger charge is -2.19. The van der Waals surface area contributed by atoms with Crippen molar-refractivity contribution >= 4 is 17.8 Å². The van der Waals surface area contributed by atoms with Crippen molar-refractivity contribution in [2.75, 3.05) is 47.9 Å². The van der Waals surface area contributed by atoms with E-state index >= 15 is 0 Å². The summed E-state index contributed by atoms with van der Waals surface area (Å²) in [5, 5.41) is 0. The van der Waals surface area contributed by atoms with E-state index in [1.807, 2.05) is 0 Å². The van der Waals surface area contributed by atoms with Crippen LogP contribution >= 0.6 is 0 Å². The molecule has 0 aliphatic carbocycles. The number of carbonyl (C=O) groups excluding carboxylic acids is 3. The topological polar surface area (TPSA) is 76.2 Å². The summed E-state index contributed by atoms with van der Waals surface area (Å²) in [6, 6.07) is 0. The molecule has 0 spiro atoms. The summed E-state index contributed by atoms with van der Waals surface area (Å²) >= 11 is 0. The average Bonchev–Trinajstić information content (AvgIpc) is 2.37. The zero-order chi connectivity index (χ0) is 14.8. The van der Waals surface area contributed by atoms with Crippen LogP contribution in [0.2, 0.25) is 0 Å². The van der Waals surface area contributed by atoms with Crippen LogP contribution < -0.4 is 0 Å². The summed E-state index contributed by atoms with van der Waals surface area (Å²) < 4.78 is 9.11. The molecule has 110 valence electrons. The highest BCUT2D eigenvalue weighted by atomic mass is 16.5. The Hall–Kier alpha value is -1.63. The largest absolute Gasteiger partial charge is 0.468 e. The van der Waals surface area contributed by atoms with Crippen molar-refractivity contribution in [2.45, 2.75) is 12.8 Å². The molecule has 0 aliphatic heterocycles. The summed E-state index contributed by atoms with van der Waals surface area (Å²) in [6.07, 6.45) is 0.927. The Bertz CT molecular complexity index is 299. The molecule has 0 aromatic carbocycles. The van der Waals surface area contributed by atoms with Gasteiger partial charge in [0.15, 0.2) is 0 Å². The van der Waals surface area contributed by atoms with Crippen LogP contribution in [0.3, 0.4) is 0 Å². The monoisotopic (exact) mass is 274 g/mol. The number of hydrogen-bond acceptors (Lipinski definition) is 6. The molecule has 0 bridgehead atoms. The fourth-order valence-electron chi connectivity index (χ4n) is 1.39. The predicted molar refractivity (Wildman–Crippen MR) is 68.4 cm³/mol. The van der Waals surface area contributed by atoms with Crippen molar-refractivity contribution < 1.29 is 23.9 Å². The minimum Gasteiger partial charge on any atom is -0.468 e. The number of methoxy groups -OCH3 is 2. The number of carbonyl (C=O) groups is 3. The van der Waals surface area contributed by atoms with E-state index in [4.69, 9.17) is 0 Å². The van der Waals surface area contributed by atoms with Gasteiger partial charge in [0.1, 0.15) is 0 Å². The van der Waals surface area contributed by atoms with Gasteiger partial charge in [-0.1, -0.05) is 0 Å². The van der Waals surface area contributed by atoms with Crippen LogP contribution in [0.5, 0.6) is 0 Å². The van der Waals surface area contributed by atoms with Crippen molar-refractivity contribution in [3.05, 3.63) is 0 Å². The Balaban J connectivity index is 4.22. The van der Waals surface area contributed by atoms with Crippen LogP contribution in [0, 0.1) is 0 Å². The lowest BCUT2D eigenvalue weighted by Crippen LogP contribution is -2.36. The summed E-state index contributed by atoms with van der Waals surface area (Å²) in [7, 11) is 5.94. The van der Waals surface area contributed by atoms with E-state index in [2.05, 4.69) is 9.47 Å². The maximum atomic E-state index is 11.4. The molecule has 0 radical (unpaired) electrons. The third-order valence-corrected chi connectivity index (χ3v) is 2.52. The molecule has 19 heavy (non-hydrogen) atoms. The highest BCUT2D eigenvalue weighted by molar-refractivity contribution is 5.76. The molecule has 7 nitrogen and oxygen atoms in total. The Kier molecular flexibility index (Phi) is 8.52. The first-order valence-corrected chi connectivity index (χ1v) is 5.96. The SMILES string of the molecule is COC(=O)CN(CCCC(=O)N(C)C)CC(=O)OC. The Morgan fingerprint density at radius 1 is 0.947 bits per heavy atom. The zero-order valence-corrected chi connectivity index (χ0v) is 12.0. The van der Waals surface area contributed by atoms with Crippen molar-refractivity contribution in [3.8, 4) is 0 Å². The molecule has 0 saturated carbocycles. The minimum atomic E-state index is -0.428. The molecule has 0 atom stereocenters. The van der Waals surface area contributed by atoms with Gasteiger partial charge in [-0.25, -0.2) is 0 Å². The second-order valence-electron chi connectivity index (χ2n) is 4.25. The van der Waals surface area contributed by atoms with Gasteiger partial charge < -0.3 is 14.4 Å². The molecular weight excluding hydrogens is 252 g/mol. The predicted octanol–water partition coefficient (Wildman–Crippen LogP) is -0.497. The second kappa shape index (κ2) is 9.32. The molecule has 0 rings (SSSR count). The quantitative estimate of drug-likeness (QED) is 0.556. The highest BCUT2D eigenvalue weighted by Gasteiger charge is 2.15. The number of amides is 1. The summed E-state index contributed by atoms with van der Waals surface area (Å²) in [6.45, 7) is 0.452. The van der Waals surface area contributed by atoms with Crippen LogP contribution in [0.1, 0.15) is 12.8 Å². The van der Waals surface area contributed by atoms with E-state index < -0.39 is 11.9 Å². The standard InChI is InChI=1S/C12H22N2O5/c1-13(2)10(15)6-5-7-14(8-11(16)18-3)9-12(17)19-4/h5-9H2,1-4H3. The molecule has 7 heteroatoms. The lowest BCUT2D eigenvalue weighted by molar-refractivity contribution is -0.145. The molecule has 0 unspecified atom stereocenters. The first kappa shape index (κ1) is 17.4. The van der Waals surface area contributed by atoms with Crippen molar-refractivity contribution in [3.63, 3.8) is 0 Å². The van der Waals surface area contributed by atoms with Gasteiger partial charge >= 0.3 is 11.9 Å². The number of esters is 2. The number of hydrogen-bond donors (Lipinski definition) is 0. The van der Waals surface area contributed by atoms with Gasteiger partial charge in [0.2, 0.25) is 5.91 Å². The number of rotatable bonds is 8. The first-order valence-electron chi connectivity index (χ1n) is 5.96.